The van der Waals surface area contributed by atoms with Crippen LogP contribution in [0.4, 0.5) is 0 Å². The summed E-state index contributed by atoms with van der Waals surface area (Å²) in [5, 5.41) is 11.9. The van der Waals surface area contributed by atoms with Gasteiger partial charge >= 0.3 is 0 Å². The van der Waals surface area contributed by atoms with Gasteiger partial charge in [-0.1, -0.05) is 81.8 Å². The standard InChI is InChI=1S/C15H30OSi3/c1-17(2,3)15(16)13-9-11-14(12-10-13)19(7,8)18(4,5)6/h9-12,15-16H,1-8H3. The molecule has 0 aromatic heterocycles. The minimum absolute atomic E-state index is 0.252. The molecule has 0 bridgehead atoms. The third-order valence-corrected chi connectivity index (χ3v) is 24.3. The van der Waals surface area contributed by atoms with E-state index in [0.717, 1.165) is 5.56 Å². The van der Waals surface area contributed by atoms with Gasteiger partial charge in [-0.2, -0.15) is 0 Å². The summed E-state index contributed by atoms with van der Waals surface area (Å²) in [6.07, 6.45) is 0. The quantitative estimate of drug-likeness (QED) is 0.836. The number of hydrogen-bond acceptors (Lipinski definition) is 1. The first-order valence-electron chi connectivity index (χ1n) is 7.16. The highest BCUT2D eigenvalue weighted by atomic mass is 29.3. The van der Waals surface area contributed by atoms with Crippen molar-refractivity contribution in [3.63, 3.8) is 0 Å². The van der Waals surface area contributed by atoms with Crippen LogP contribution < -0.4 is 5.19 Å². The van der Waals surface area contributed by atoms with Crippen LogP contribution in [0.1, 0.15) is 11.3 Å². The average Bonchev–Trinajstić information content (AvgIpc) is 2.25. The Bertz CT molecular complexity index is 424. The van der Waals surface area contributed by atoms with Crippen LogP contribution >= 0.6 is 0 Å². The van der Waals surface area contributed by atoms with E-state index >= 15 is 0 Å². The van der Waals surface area contributed by atoms with Crippen molar-refractivity contribution in [2.75, 3.05) is 0 Å². The fraction of sp³-hybridized carbons (Fsp3) is 0.600. The molecule has 1 aromatic carbocycles. The average molecular weight is 311 g/mol. The van der Waals surface area contributed by atoms with E-state index in [4.69, 9.17) is 0 Å². The van der Waals surface area contributed by atoms with Gasteiger partial charge in [0.05, 0.1) is 21.4 Å². The lowest BCUT2D eigenvalue weighted by Gasteiger charge is -2.36. The zero-order valence-electron chi connectivity index (χ0n) is 13.8. The second kappa shape index (κ2) is 5.31. The van der Waals surface area contributed by atoms with Crippen molar-refractivity contribution in [2.24, 2.45) is 0 Å². The summed E-state index contributed by atoms with van der Waals surface area (Å²) in [4.78, 5) is 0. The molecule has 0 aliphatic carbocycles. The van der Waals surface area contributed by atoms with Crippen LogP contribution in [0.25, 0.3) is 0 Å². The lowest BCUT2D eigenvalue weighted by molar-refractivity contribution is 0.250. The zero-order valence-corrected chi connectivity index (χ0v) is 16.8. The summed E-state index contributed by atoms with van der Waals surface area (Å²) in [5.41, 5.74) is 0.849. The molecule has 1 rings (SSSR count). The molecule has 108 valence electrons. The Kier molecular flexibility index (Phi) is 4.72. The molecule has 0 aliphatic heterocycles. The molecule has 1 nitrogen and oxygen atoms in total. The molecule has 1 N–H and O–H groups in total. The van der Waals surface area contributed by atoms with Gasteiger partial charge in [0.2, 0.25) is 0 Å². The van der Waals surface area contributed by atoms with E-state index in [9.17, 15) is 5.11 Å². The van der Waals surface area contributed by atoms with Gasteiger partial charge in [0.1, 0.15) is 0 Å². The van der Waals surface area contributed by atoms with Gasteiger partial charge in [0.25, 0.3) is 0 Å². The van der Waals surface area contributed by atoms with Gasteiger partial charge < -0.3 is 5.11 Å². The van der Waals surface area contributed by atoms with Gasteiger partial charge in [0.15, 0.2) is 0 Å². The SMILES string of the molecule is C[Si](C)(C)C(O)c1ccc([Si](C)(C)[Si](C)(C)C)cc1. The number of rotatable bonds is 4. The molecule has 0 heterocycles. The zero-order chi connectivity index (χ0) is 15.1. The molecule has 0 aliphatic rings. The van der Waals surface area contributed by atoms with E-state index in [-0.39, 0.29) is 5.73 Å². The van der Waals surface area contributed by atoms with Crippen LogP contribution in [0.3, 0.4) is 0 Å². The Balaban J connectivity index is 3.07. The number of aliphatic hydroxyl groups excluding tert-OH is 1. The topological polar surface area (TPSA) is 20.2 Å². The molecule has 0 radical (unpaired) electrons. The normalized spacial score (nSPS) is 15.4. The Labute approximate surface area is 121 Å². The highest BCUT2D eigenvalue weighted by Crippen LogP contribution is 2.25. The van der Waals surface area contributed by atoms with Crippen molar-refractivity contribution in [2.45, 2.75) is 58.1 Å². The van der Waals surface area contributed by atoms with Crippen LogP contribution in [-0.4, -0.2) is 28.4 Å². The van der Waals surface area contributed by atoms with E-state index in [1.54, 1.807) is 0 Å². The van der Waals surface area contributed by atoms with E-state index in [0.29, 0.717) is 0 Å². The lowest BCUT2D eigenvalue weighted by atomic mass is 10.2. The molecule has 19 heavy (non-hydrogen) atoms. The van der Waals surface area contributed by atoms with E-state index in [1.807, 2.05) is 0 Å². The van der Waals surface area contributed by atoms with Crippen LogP contribution in [0.15, 0.2) is 24.3 Å². The highest BCUT2D eigenvalue weighted by molar-refractivity contribution is 7.45. The highest BCUT2D eigenvalue weighted by Gasteiger charge is 2.38. The van der Waals surface area contributed by atoms with Crippen LogP contribution in [0.5, 0.6) is 0 Å². The summed E-state index contributed by atoms with van der Waals surface area (Å²) in [6.45, 7) is 19.1. The fourth-order valence-corrected chi connectivity index (χ4v) is 8.17. The van der Waals surface area contributed by atoms with E-state index in [1.165, 1.54) is 5.19 Å². The minimum atomic E-state index is -1.53. The van der Waals surface area contributed by atoms with Crippen molar-refractivity contribution in [3.8, 4) is 0 Å². The second-order valence-electron chi connectivity index (χ2n) is 8.27. The van der Waals surface area contributed by atoms with Gasteiger partial charge in [0, 0.05) is 7.59 Å². The number of aliphatic hydroxyl groups is 1. The summed E-state index contributed by atoms with van der Waals surface area (Å²) < 4.78 is 0. The summed E-state index contributed by atoms with van der Waals surface area (Å²) in [5.74, 6) is 0. The molecular weight excluding hydrogens is 280 g/mol. The monoisotopic (exact) mass is 310 g/mol. The largest absolute Gasteiger partial charge is 0.392 e. The Morgan fingerprint density at radius 3 is 1.53 bits per heavy atom. The summed E-state index contributed by atoms with van der Waals surface area (Å²) >= 11 is 0. The molecule has 1 atom stereocenters. The van der Waals surface area contributed by atoms with Crippen molar-refractivity contribution in [1.29, 1.82) is 0 Å². The predicted molar refractivity (Wildman–Crippen MR) is 95.2 cm³/mol. The van der Waals surface area contributed by atoms with Gasteiger partial charge in [-0.05, 0) is 5.56 Å². The Hall–Kier alpha value is -0.169. The molecule has 1 aromatic rings. The van der Waals surface area contributed by atoms with Crippen molar-refractivity contribution in [1.82, 2.24) is 0 Å². The third-order valence-electron chi connectivity index (χ3n) is 4.64. The second-order valence-corrected chi connectivity index (χ2v) is 30.1. The number of hydrogen-bond donors (Lipinski definition) is 1. The molecule has 0 fully saturated rings. The summed E-state index contributed by atoms with van der Waals surface area (Å²) in [6, 6.07) is 8.88. The Morgan fingerprint density at radius 1 is 0.789 bits per heavy atom. The van der Waals surface area contributed by atoms with Crippen LogP contribution in [0.2, 0.25) is 52.4 Å². The maximum atomic E-state index is 10.4. The molecule has 1 unspecified atom stereocenters. The lowest BCUT2D eigenvalue weighted by Crippen LogP contribution is -2.61. The molecular formula is C15H30OSi3. The van der Waals surface area contributed by atoms with Crippen molar-refractivity contribution >= 4 is 28.4 Å². The van der Waals surface area contributed by atoms with Crippen LogP contribution in [0, 0.1) is 0 Å². The molecule has 0 saturated heterocycles. The first-order valence-corrected chi connectivity index (χ1v) is 18.2. The van der Waals surface area contributed by atoms with Crippen molar-refractivity contribution < 1.29 is 5.11 Å². The first kappa shape index (κ1) is 16.9. The minimum Gasteiger partial charge on any atom is -0.392 e. The summed E-state index contributed by atoms with van der Waals surface area (Å²) in [7, 11) is -3.96. The predicted octanol–water partition coefficient (Wildman–Crippen LogP) is 3.93. The first-order chi connectivity index (χ1) is 8.37. The fourth-order valence-electron chi connectivity index (χ4n) is 2.02. The van der Waals surface area contributed by atoms with Gasteiger partial charge in [-0.3, -0.25) is 0 Å². The molecule has 4 heteroatoms. The smallest absolute Gasteiger partial charge is 0.0838 e. The van der Waals surface area contributed by atoms with Gasteiger partial charge in [-0.25, -0.2) is 0 Å². The van der Waals surface area contributed by atoms with Gasteiger partial charge in [-0.15, -0.1) is 0 Å². The molecule has 0 amide bonds. The maximum absolute atomic E-state index is 10.4. The van der Waals surface area contributed by atoms with Crippen LogP contribution in [-0.2, 0) is 0 Å². The van der Waals surface area contributed by atoms with E-state index in [2.05, 4.69) is 76.6 Å². The molecule has 0 saturated carbocycles. The maximum Gasteiger partial charge on any atom is 0.0838 e. The third kappa shape index (κ3) is 3.68. The number of benzene rings is 1. The van der Waals surface area contributed by atoms with Crippen molar-refractivity contribution in [3.05, 3.63) is 29.8 Å². The Morgan fingerprint density at radius 2 is 1.21 bits per heavy atom. The molecule has 0 spiro atoms. The van der Waals surface area contributed by atoms with E-state index < -0.39 is 23.3 Å².